The molecule has 0 saturated heterocycles. The van der Waals surface area contributed by atoms with Gasteiger partial charge in [-0.15, -0.1) is 0 Å². The van der Waals surface area contributed by atoms with Crippen molar-refractivity contribution in [3.63, 3.8) is 0 Å². The number of nitro groups is 1. The van der Waals surface area contributed by atoms with Crippen LogP contribution in [0.2, 0.25) is 0 Å². The summed E-state index contributed by atoms with van der Waals surface area (Å²) in [5, 5.41) is 19.8. The van der Waals surface area contributed by atoms with E-state index in [0.717, 1.165) is 0 Å². The molecule has 134 valence electrons. The maximum Gasteiger partial charge on any atom is 0.366 e. The number of fused-ring (bicyclic) bond motifs is 1. The number of aromatic nitrogens is 1. The number of carbonyl (C=O) groups excluding carboxylic acids is 1. The van der Waals surface area contributed by atoms with Gasteiger partial charge in [0.05, 0.1) is 0 Å². The average Bonchev–Trinajstić information content (AvgIpc) is 2.63. The van der Waals surface area contributed by atoms with Crippen LogP contribution in [-0.2, 0) is 9.59 Å². The Morgan fingerprint density at radius 1 is 1.27 bits per heavy atom. The van der Waals surface area contributed by atoms with Crippen molar-refractivity contribution in [2.24, 2.45) is 0 Å². The second kappa shape index (κ2) is 7.18. The minimum Gasteiger partial charge on any atom is -0.481 e. The van der Waals surface area contributed by atoms with Crippen molar-refractivity contribution in [1.82, 2.24) is 4.98 Å². The van der Waals surface area contributed by atoms with E-state index in [0.29, 0.717) is 5.56 Å². The zero-order chi connectivity index (χ0) is 18.7. The molecule has 2 heterocycles. The summed E-state index contributed by atoms with van der Waals surface area (Å²) in [5.41, 5.74) is 0.629. The number of nitrogens with zero attached hydrogens (tertiary/aromatic N) is 3. The third kappa shape index (κ3) is 3.46. The van der Waals surface area contributed by atoms with Gasteiger partial charge in [0, 0.05) is 24.6 Å². The first kappa shape index (κ1) is 17.3. The van der Waals surface area contributed by atoms with Gasteiger partial charge >= 0.3 is 11.8 Å². The summed E-state index contributed by atoms with van der Waals surface area (Å²) >= 11 is 0. The minimum atomic E-state index is -0.988. The highest BCUT2D eigenvalue weighted by atomic mass is 16.6. The average molecular weight is 357 g/mol. The summed E-state index contributed by atoms with van der Waals surface area (Å²) in [6.45, 7) is 0.0684. The van der Waals surface area contributed by atoms with E-state index >= 15 is 0 Å². The molecular formula is C17H15N3O6. The Morgan fingerprint density at radius 3 is 2.65 bits per heavy atom. The van der Waals surface area contributed by atoms with Gasteiger partial charge < -0.3 is 20.0 Å². The first-order chi connectivity index (χ1) is 12.5. The van der Waals surface area contributed by atoms with Crippen LogP contribution in [0.15, 0.2) is 42.5 Å². The van der Waals surface area contributed by atoms with Crippen molar-refractivity contribution < 1.29 is 24.4 Å². The van der Waals surface area contributed by atoms with Crippen LogP contribution in [0.5, 0.6) is 5.75 Å². The number of pyridine rings is 1. The van der Waals surface area contributed by atoms with Crippen molar-refractivity contribution in [2.45, 2.75) is 18.9 Å². The fraction of sp³-hybridized carbons (Fsp3) is 0.235. The van der Waals surface area contributed by atoms with Gasteiger partial charge in [-0.1, -0.05) is 30.3 Å². The van der Waals surface area contributed by atoms with Crippen LogP contribution >= 0.6 is 0 Å². The highest BCUT2D eigenvalue weighted by molar-refractivity contribution is 5.99. The molecule has 1 aliphatic heterocycles. The lowest BCUT2D eigenvalue weighted by molar-refractivity contribution is -0.389. The van der Waals surface area contributed by atoms with E-state index in [1.165, 1.54) is 17.0 Å². The molecule has 2 aromatic rings. The number of anilines is 1. The van der Waals surface area contributed by atoms with Gasteiger partial charge in [0.2, 0.25) is 6.10 Å². The lowest BCUT2D eigenvalue weighted by Crippen LogP contribution is -2.42. The maximum atomic E-state index is 12.9. The van der Waals surface area contributed by atoms with Crippen LogP contribution in [0.3, 0.4) is 0 Å². The molecule has 1 amide bonds. The van der Waals surface area contributed by atoms with Gasteiger partial charge in [-0.05, 0) is 22.4 Å². The van der Waals surface area contributed by atoms with Gasteiger partial charge in [-0.2, -0.15) is 0 Å². The van der Waals surface area contributed by atoms with E-state index in [1.54, 1.807) is 30.3 Å². The van der Waals surface area contributed by atoms with Crippen LogP contribution in [0.1, 0.15) is 24.5 Å². The predicted octanol–water partition coefficient (Wildman–Crippen LogP) is 2.32. The number of benzene rings is 1. The topological polar surface area (TPSA) is 123 Å². The number of hydrogen-bond acceptors (Lipinski definition) is 6. The molecule has 26 heavy (non-hydrogen) atoms. The zero-order valence-corrected chi connectivity index (χ0v) is 13.6. The minimum absolute atomic E-state index is 0.0294. The molecule has 0 radical (unpaired) electrons. The van der Waals surface area contributed by atoms with Crippen molar-refractivity contribution in [1.29, 1.82) is 0 Å². The summed E-state index contributed by atoms with van der Waals surface area (Å²) in [5.74, 6) is -1.58. The summed E-state index contributed by atoms with van der Waals surface area (Å²) in [6.07, 6.45) is -0.867. The van der Waals surface area contributed by atoms with Crippen molar-refractivity contribution in [2.75, 3.05) is 11.4 Å². The third-order valence-corrected chi connectivity index (χ3v) is 3.88. The molecule has 9 nitrogen and oxygen atoms in total. The highest BCUT2D eigenvalue weighted by Gasteiger charge is 2.39. The predicted molar refractivity (Wildman–Crippen MR) is 89.9 cm³/mol. The number of carbonyl (C=O) groups is 2. The molecular weight excluding hydrogens is 342 g/mol. The molecule has 1 atom stereocenters. The number of carboxylic acid groups (broad SMARTS) is 1. The van der Waals surface area contributed by atoms with Crippen LogP contribution in [0.25, 0.3) is 0 Å². The number of aliphatic carboxylic acids is 1. The maximum absolute atomic E-state index is 12.9. The van der Waals surface area contributed by atoms with E-state index in [-0.39, 0.29) is 31.0 Å². The molecule has 1 aliphatic rings. The Labute approximate surface area is 148 Å². The van der Waals surface area contributed by atoms with Crippen LogP contribution in [0, 0.1) is 10.1 Å². The number of hydrogen-bond donors (Lipinski definition) is 1. The van der Waals surface area contributed by atoms with Crippen molar-refractivity contribution in [3.8, 4) is 5.75 Å². The highest BCUT2D eigenvalue weighted by Crippen LogP contribution is 2.38. The van der Waals surface area contributed by atoms with Crippen molar-refractivity contribution >= 4 is 23.5 Å². The summed E-state index contributed by atoms with van der Waals surface area (Å²) in [6, 6.07) is 11.4. The molecule has 0 bridgehead atoms. The number of carboxylic acids is 1. The Balaban J connectivity index is 1.98. The molecule has 1 aromatic heterocycles. The van der Waals surface area contributed by atoms with Crippen LogP contribution in [0.4, 0.5) is 11.6 Å². The molecule has 0 spiro atoms. The lowest BCUT2D eigenvalue weighted by Gasteiger charge is -2.31. The second-order valence-corrected chi connectivity index (χ2v) is 5.64. The molecule has 0 fully saturated rings. The third-order valence-electron chi connectivity index (χ3n) is 3.88. The van der Waals surface area contributed by atoms with E-state index in [9.17, 15) is 19.7 Å². The lowest BCUT2D eigenvalue weighted by atomic mass is 10.1. The standard InChI is InChI=1S/C17H15N3O6/c21-14(22)7-4-10-19-16-12(8-9-13(18-16)20(24)25)26-15(17(19)23)11-5-2-1-3-6-11/h1-3,5-6,8-9,15H,4,7,10H2,(H,21,22). The second-order valence-electron chi connectivity index (χ2n) is 5.64. The van der Waals surface area contributed by atoms with Crippen molar-refractivity contribution in [3.05, 3.63) is 58.1 Å². The van der Waals surface area contributed by atoms with Gasteiger partial charge in [0.1, 0.15) is 0 Å². The summed E-state index contributed by atoms with van der Waals surface area (Å²) in [4.78, 5) is 39.1. The van der Waals surface area contributed by atoms with Crippen LogP contribution in [-0.4, -0.2) is 33.4 Å². The first-order valence-corrected chi connectivity index (χ1v) is 7.87. The van der Waals surface area contributed by atoms with E-state index < -0.39 is 28.7 Å². The monoisotopic (exact) mass is 357 g/mol. The Bertz CT molecular complexity index is 855. The summed E-state index contributed by atoms with van der Waals surface area (Å²) in [7, 11) is 0. The number of rotatable bonds is 6. The molecule has 1 unspecified atom stereocenters. The van der Waals surface area contributed by atoms with E-state index in [4.69, 9.17) is 9.84 Å². The van der Waals surface area contributed by atoms with Gasteiger partial charge in [0.15, 0.2) is 5.75 Å². The number of amides is 1. The fourth-order valence-electron chi connectivity index (χ4n) is 2.68. The van der Waals surface area contributed by atoms with Gasteiger partial charge in [-0.25, -0.2) is 0 Å². The van der Waals surface area contributed by atoms with Gasteiger partial charge in [-0.3, -0.25) is 14.5 Å². The molecule has 0 saturated carbocycles. The molecule has 0 aliphatic carbocycles. The van der Waals surface area contributed by atoms with Gasteiger partial charge in [0.25, 0.3) is 11.7 Å². The first-order valence-electron chi connectivity index (χ1n) is 7.87. The Hall–Kier alpha value is -3.49. The van der Waals surface area contributed by atoms with E-state index in [1.807, 2.05) is 0 Å². The smallest absolute Gasteiger partial charge is 0.366 e. The molecule has 1 N–H and O–H groups in total. The van der Waals surface area contributed by atoms with Crippen LogP contribution < -0.4 is 9.64 Å². The van der Waals surface area contributed by atoms with E-state index in [2.05, 4.69) is 4.98 Å². The normalized spacial score (nSPS) is 15.9. The zero-order valence-electron chi connectivity index (χ0n) is 13.6. The fourth-order valence-corrected chi connectivity index (χ4v) is 2.68. The number of ether oxygens (including phenoxy) is 1. The largest absolute Gasteiger partial charge is 0.481 e. The molecule has 9 heteroatoms. The Morgan fingerprint density at radius 2 is 2.00 bits per heavy atom. The molecule has 3 rings (SSSR count). The molecule has 1 aromatic carbocycles. The SMILES string of the molecule is O=C(O)CCCN1C(=O)C(c2ccccc2)Oc2ccc([N+](=O)[O-])nc21. The quantitative estimate of drug-likeness (QED) is 0.621. The summed E-state index contributed by atoms with van der Waals surface area (Å²) < 4.78 is 5.73. The Kier molecular flexibility index (Phi) is 4.78.